The van der Waals surface area contributed by atoms with Crippen LogP contribution in [0.2, 0.25) is 0 Å². The van der Waals surface area contributed by atoms with E-state index < -0.39 is 0 Å². The summed E-state index contributed by atoms with van der Waals surface area (Å²) in [7, 11) is 0. The lowest BCUT2D eigenvalue weighted by molar-refractivity contribution is 0.0907. The lowest BCUT2D eigenvalue weighted by Gasteiger charge is -2.32. The van der Waals surface area contributed by atoms with Crippen molar-refractivity contribution >= 4 is 17.2 Å². The molecule has 0 radical (unpaired) electrons. The van der Waals surface area contributed by atoms with E-state index >= 15 is 0 Å². The molecule has 0 aliphatic carbocycles. The number of amides is 1. The lowest BCUT2D eigenvalue weighted by atomic mass is 9.91. The number of likely N-dealkylation sites (N-methyl/N-ethyl adjacent to an activating group) is 1. The van der Waals surface area contributed by atoms with Crippen LogP contribution in [0.15, 0.2) is 5.51 Å². The molecule has 112 valence electrons. The van der Waals surface area contributed by atoms with E-state index in [0.717, 1.165) is 43.0 Å². The normalized spacial score (nSPS) is 20.9. The molecule has 1 saturated heterocycles. The molecule has 1 unspecified atom stereocenters. The Kier molecular flexibility index (Phi) is 4.81. The Morgan fingerprint density at radius 2 is 2.30 bits per heavy atom. The van der Waals surface area contributed by atoms with Crippen molar-refractivity contribution in [2.24, 2.45) is 0 Å². The van der Waals surface area contributed by atoms with Crippen LogP contribution in [-0.2, 0) is 5.41 Å². The summed E-state index contributed by atoms with van der Waals surface area (Å²) >= 11 is 1.44. The summed E-state index contributed by atoms with van der Waals surface area (Å²) in [5.74, 6) is 0.0420. The monoisotopic (exact) mass is 295 g/mol. The molecule has 20 heavy (non-hydrogen) atoms. The summed E-state index contributed by atoms with van der Waals surface area (Å²) in [6.45, 7) is 11.6. The van der Waals surface area contributed by atoms with E-state index in [1.165, 1.54) is 11.3 Å². The maximum Gasteiger partial charge on any atom is 0.263 e. The third-order valence-corrected chi connectivity index (χ3v) is 4.60. The van der Waals surface area contributed by atoms with Gasteiger partial charge in [-0.1, -0.05) is 27.7 Å². The van der Waals surface area contributed by atoms with E-state index in [9.17, 15) is 4.79 Å². The SMILES string of the molecule is CCN1CCCC(NC(=O)c2scnc2C(C)(C)C)C1. The van der Waals surface area contributed by atoms with Crippen LogP contribution >= 0.6 is 11.3 Å². The first-order valence-corrected chi connectivity index (χ1v) is 8.27. The largest absolute Gasteiger partial charge is 0.347 e. The molecule has 0 bridgehead atoms. The van der Waals surface area contributed by atoms with E-state index in [2.05, 4.69) is 42.9 Å². The molecular formula is C15H25N3OS. The van der Waals surface area contributed by atoms with E-state index in [1.54, 1.807) is 5.51 Å². The van der Waals surface area contributed by atoms with Gasteiger partial charge in [-0.05, 0) is 25.9 Å². The molecule has 1 atom stereocenters. The molecule has 1 aliphatic rings. The van der Waals surface area contributed by atoms with Crippen molar-refractivity contribution in [2.45, 2.75) is 52.0 Å². The van der Waals surface area contributed by atoms with Gasteiger partial charge in [0.15, 0.2) is 0 Å². The van der Waals surface area contributed by atoms with Crippen LogP contribution in [0.3, 0.4) is 0 Å². The van der Waals surface area contributed by atoms with Crippen molar-refractivity contribution in [1.82, 2.24) is 15.2 Å². The fourth-order valence-corrected chi connectivity index (χ4v) is 3.55. The fourth-order valence-electron chi connectivity index (χ4n) is 2.65. The molecule has 4 nitrogen and oxygen atoms in total. The number of piperidine rings is 1. The highest BCUT2D eigenvalue weighted by Crippen LogP contribution is 2.27. The highest BCUT2D eigenvalue weighted by atomic mass is 32.1. The van der Waals surface area contributed by atoms with Crippen LogP contribution in [0.5, 0.6) is 0 Å². The molecule has 0 spiro atoms. The maximum absolute atomic E-state index is 12.5. The lowest BCUT2D eigenvalue weighted by Crippen LogP contribution is -2.47. The minimum Gasteiger partial charge on any atom is -0.347 e. The number of nitrogens with one attached hydrogen (secondary N) is 1. The molecule has 1 aromatic heterocycles. The van der Waals surface area contributed by atoms with Gasteiger partial charge in [0, 0.05) is 18.0 Å². The van der Waals surface area contributed by atoms with E-state index in [4.69, 9.17) is 0 Å². The Morgan fingerprint density at radius 3 is 2.95 bits per heavy atom. The molecule has 0 aromatic carbocycles. The van der Waals surface area contributed by atoms with Gasteiger partial charge in [-0.25, -0.2) is 4.98 Å². The van der Waals surface area contributed by atoms with Crippen molar-refractivity contribution in [3.8, 4) is 0 Å². The van der Waals surface area contributed by atoms with Gasteiger partial charge in [0.2, 0.25) is 0 Å². The summed E-state index contributed by atoms with van der Waals surface area (Å²) < 4.78 is 0. The number of nitrogens with zero attached hydrogens (tertiary/aromatic N) is 2. The van der Waals surface area contributed by atoms with Gasteiger partial charge in [0.25, 0.3) is 5.91 Å². The zero-order valence-electron chi connectivity index (χ0n) is 12.9. The van der Waals surface area contributed by atoms with Gasteiger partial charge in [-0.15, -0.1) is 11.3 Å². The van der Waals surface area contributed by atoms with Gasteiger partial charge in [0.1, 0.15) is 4.88 Å². The fraction of sp³-hybridized carbons (Fsp3) is 0.733. The predicted octanol–water partition coefficient (Wildman–Crippen LogP) is 2.65. The van der Waals surface area contributed by atoms with Gasteiger partial charge in [-0.2, -0.15) is 0 Å². The van der Waals surface area contributed by atoms with Crippen LogP contribution in [0.25, 0.3) is 0 Å². The highest BCUT2D eigenvalue weighted by Gasteiger charge is 2.27. The molecule has 2 heterocycles. The molecule has 1 aromatic rings. The van der Waals surface area contributed by atoms with Crippen LogP contribution in [0.4, 0.5) is 0 Å². The molecule has 1 fully saturated rings. The second kappa shape index (κ2) is 6.22. The Balaban J connectivity index is 2.04. The summed E-state index contributed by atoms with van der Waals surface area (Å²) in [6.07, 6.45) is 2.24. The van der Waals surface area contributed by atoms with Crippen LogP contribution in [0, 0.1) is 0 Å². The molecule has 2 rings (SSSR count). The first-order chi connectivity index (χ1) is 9.41. The highest BCUT2D eigenvalue weighted by molar-refractivity contribution is 7.11. The maximum atomic E-state index is 12.5. The number of hydrogen-bond acceptors (Lipinski definition) is 4. The number of rotatable bonds is 3. The van der Waals surface area contributed by atoms with Crippen molar-refractivity contribution < 1.29 is 4.79 Å². The second-order valence-electron chi connectivity index (χ2n) is 6.49. The Hall–Kier alpha value is -0.940. The molecular weight excluding hydrogens is 270 g/mol. The Labute approximate surface area is 125 Å². The van der Waals surface area contributed by atoms with Crippen LogP contribution < -0.4 is 5.32 Å². The quantitative estimate of drug-likeness (QED) is 0.932. The molecule has 1 aliphatic heterocycles. The van der Waals surface area contributed by atoms with Gasteiger partial charge in [0.05, 0.1) is 11.2 Å². The predicted molar refractivity (Wildman–Crippen MR) is 83.4 cm³/mol. The number of thiazole rings is 1. The minimum absolute atomic E-state index is 0.0420. The number of likely N-dealkylation sites (tertiary alicyclic amines) is 1. The van der Waals surface area contributed by atoms with Crippen LogP contribution in [0.1, 0.15) is 55.9 Å². The average molecular weight is 295 g/mol. The number of carbonyl (C=O) groups excluding carboxylic acids is 1. The number of carbonyl (C=O) groups is 1. The summed E-state index contributed by atoms with van der Waals surface area (Å²) in [5, 5.41) is 3.19. The van der Waals surface area contributed by atoms with Crippen molar-refractivity contribution in [1.29, 1.82) is 0 Å². The first kappa shape index (κ1) is 15.4. The second-order valence-corrected chi connectivity index (χ2v) is 7.34. The van der Waals surface area contributed by atoms with Crippen molar-refractivity contribution in [2.75, 3.05) is 19.6 Å². The Morgan fingerprint density at radius 1 is 1.55 bits per heavy atom. The molecule has 1 N–H and O–H groups in total. The summed E-state index contributed by atoms with van der Waals surface area (Å²) in [4.78, 5) is 20.0. The molecule has 1 amide bonds. The van der Waals surface area contributed by atoms with Gasteiger partial charge < -0.3 is 10.2 Å². The number of hydrogen-bond donors (Lipinski definition) is 1. The third-order valence-electron chi connectivity index (χ3n) is 3.77. The summed E-state index contributed by atoms with van der Waals surface area (Å²) in [6, 6.07) is 0.270. The third kappa shape index (κ3) is 3.58. The Bertz CT molecular complexity index is 464. The van der Waals surface area contributed by atoms with E-state index in [1.807, 2.05) is 0 Å². The summed E-state index contributed by atoms with van der Waals surface area (Å²) in [5.41, 5.74) is 2.59. The van der Waals surface area contributed by atoms with Crippen molar-refractivity contribution in [3.63, 3.8) is 0 Å². The smallest absolute Gasteiger partial charge is 0.263 e. The van der Waals surface area contributed by atoms with Crippen molar-refractivity contribution in [3.05, 3.63) is 16.1 Å². The zero-order valence-corrected chi connectivity index (χ0v) is 13.7. The zero-order chi connectivity index (χ0) is 14.8. The van der Waals surface area contributed by atoms with Crippen LogP contribution in [-0.4, -0.2) is 41.5 Å². The van der Waals surface area contributed by atoms with Gasteiger partial charge >= 0.3 is 0 Å². The van der Waals surface area contributed by atoms with Gasteiger partial charge in [-0.3, -0.25) is 4.79 Å². The molecule has 5 heteroatoms. The average Bonchev–Trinajstić information content (AvgIpc) is 2.88. The standard InChI is InChI=1S/C15H25N3OS/c1-5-18-8-6-7-11(9-18)17-14(19)12-13(15(2,3)4)16-10-20-12/h10-11H,5-9H2,1-4H3,(H,17,19). The van der Waals surface area contributed by atoms with E-state index in [0.29, 0.717) is 0 Å². The number of aromatic nitrogens is 1. The van der Waals surface area contributed by atoms with E-state index in [-0.39, 0.29) is 17.4 Å². The minimum atomic E-state index is -0.0886. The first-order valence-electron chi connectivity index (χ1n) is 7.39. The topological polar surface area (TPSA) is 45.2 Å². The molecule has 0 saturated carbocycles.